The molecule has 0 aliphatic carbocycles. The summed E-state index contributed by atoms with van der Waals surface area (Å²) in [7, 11) is 0. The molecule has 0 aliphatic heterocycles. The maximum atomic E-state index is 9.75. The van der Waals surface area contributed by atoms with Crippen LogP contribution in [0.2, 0.25) is 0 Å². The van der Waals surface area contributed by atoms with Gasteiger partial charge in [-0.2, -0.15) is 0 Å². The van der Waals surface area contributed by atoms with Crippen molar-refractivity contribution in [1.29, 1.82) is 0 Å². The fourth-order valence-corrected chi connectivity index (χ4v) is 2.51. The van der Waals surface area contributed by atoms with Crippen LogP contribution in [0.25, 0.3) is 0 Å². The van der Waals surface area contributed by atoms with E-state index in [1.165, 1.54) is 0 Å². The summed E-state index contributed by atoms with van der Waals surface area (Å²) in [5, 5.41) is 9.75. The van der Waals surface area contributed by atoms with E-state index in [0.717, 1.165) is 27.4 Å². The van der Waals surface area contributed by atoms with Gasteiger partial charge in [-0.3, -0.25) is 0 Å². The number of hydrogen-bond donors (Lipinski definition) is 1. The second kappa shape index (κ2) is 5.13. The van der Waals surface area contributed by atoms with Crippen molar-refractivity contribution in [2.24, 2.45) is 0 Å². The predicted octanol–water partition coefficient (Wildman–Crippen LogP) is 4.05. The minimum Gasteiger partial charge on any atom is -0.388 e. The predicted molar refractivity (Wildman–Crippen MR) is 61.7 cm³/mol. The first kappa shape index (κ1) is 11.2. The van der Waals surface area contributed by atoms with E-state index >= 15 is 0 Å². The summed E-state index contributed by atoms with van der Waals surface area (Å²) < 4.78 is 1.98. The van der Waals surface area contributed by atoms with Gasteiger partial charge in [-0.15, -0.1) is 0 Å². The lowest BCUT2D eigenvalue weighted by molar-refractivity contribution is 0.165. The molecular formula is C10H12Br2O. The van der Waals surface area contributed by atoms with Crippen molar-refractivity contribution in [3.8, 4) is 0 Å². The first-order valence-corrected chi connectivity index (χ1v) is 5.86. The summed E-state index contributed by atoms with van der Waals surface area (Å²) in [5.74, 6) is 0. The van der Waals surface area contributed by atoms with Gasteiger partial charge in [-0.25, -0.2) is 0 Å². The highest BCUT2D eigenvalue weighted by Crippen LogP contribution is 2.28. The van der Waals surface area contributed by atoms with Gasteiger partial charge in [0.1, 0.15) is 0 Å². The molecule has 0 saturated heterocycles. The SMILES string of the molecule is CCCC(O)c1ccc(Br)cc1Br. The van der Waals surface area contributed by atoms with Crippen molar-refractivity contribution < 1.29 is 5.11 Å². The van der Waals surface area contributed by atoms with E-state index in [9.17, 15) is 5.11 Å². The summed E-state index contributed by atoms with van der Waals surface area (Å²) in [6.07, 6.45) is 1.44. The van der Waals surface area contributed by atoms with Crippen LogP contribution in [0.5, 0.6) is 0 Å². The lowest BCUT2D eigenvalue weighted by Gasteiger charge is -2.11. The van der Waals surface area contributed by atoms with Crippen LogP contribution in [0.3, 0.4) is 0 Å². The zero-order chi connectivity index (χ0) is 9.84. The lowest BCUT2D eigenvalue weighted by atomic mass is 10.1. The van der Waals surface area contributed by atoms with Crippen molar-refractivity contribution in [3.05, 3.63) is 32.7 Å². The fraction of sp³-hybridized carbons (Fsp3) is 0.400. The minimum absolute atomic E-state index is 0.354. The molecule has 72 valence electrons. The lowest BCUT2D eigenvalue weighted by Crippen LogP contribution is -1.97. The van der Waals surface area contributed by atoms with E-state index in [1.807, 2.05) is 18.2 Å². The Morgan fingerprint density at radius 2 is 2.08 bits per heavy atom. The third-order valence-corrected chi connectivity index (χ3v) is 3.06. The van der Waals surface area contributed by atoms with E-state index in [0.29, 0.717) is 0 Å². The summed E-state index contributed by atoms with van der Waals surface area (Å²) >= 11 is 6.80. The van der Waals surface area contributed by atoms with Crippen LogP contribution < -0.4 is 0 Å². The first-order chi connectivity index (χ1) is 6.15. The highest BCUT2D eigenvalue weighted by Gasteiger charge is 2.09. The van der Waals surface area contributed by atoms with Gasteiger partial charge in [0.15, 0.2) is 0 Å². The zero-order valence-electron chi connectivity index (χ0n) is 7.43. The molecule has 0 fully saturated rings. The Balaban J connectivity index is 2.88. The monoisotopic (exact) mass is 306 g/mol. The van der Waals surface area contributed by atoms with Gasteiger partial charge in [-0.05, 0) is 24.1 Å². The topological polar surface area (TPSA) is 20.2 Å². The molecule has 0 bridgehead atoms. The fourth-order valence-electron chi connectivity index (χ4n) is 1.20. The molecule has 1 aromatic carbocycles. The molecule has 1 N–H and O–H groups in total. The van der Waals surface area contributed by atoms with E-state index < -0.39 is 0 Å². The van der Waals surface area contributed by atoms with Gasteiger partial charge in [0.25, 0.3) is 0 Å². The average molecular weight is 308 g/mol. The molecule has 0 aromatic heterocycles. The zero-order valence-corrected chi connectivity index (χ0v) is 10.6. The molecule has 0 aliphatic rings. The van der Waals surface area contributed by atoms with Crippen LogP contribution in [0.1, 0.15) is 31.4 Å². The molecule has 1 rings (SSSR count). The third-order valence-electron chi connectivity index (χ3n) is 1.88. The molecule has 1 nitrogen and oxygen atoms in total. The van der Waals surface area contributed by atoms with Crippen molar-refractivity contribution in [2.45, 2.75) is 25.9 Å². The number of halogens is 2. The van der Waals surface area contributed by atoms with Gasteiger partial charge in [0.05, 0.1) is 6.10 Å². The largest absolute Gasteiger partial charge is 0.388 e. The Hall–Kier alpha value is 0.140. The average Bonchev–Trinajstić information content (AvgIpc) is 2.04. The number of aliphatic hydroxyl groups excluding tert-OH is 1. The van der Waals surface area contributed by atoms with Crippen LogP contribution >= 0.6 is 31.9 Å². The van der Waals surface area contributed by atoms with Crippen LogP contribution in [-0.2, 0) is 0 Å². The molecule has 0 saturated carbocycles. The second-order valence-corrected chi connectivity index (χ2v) is 4.74. The Morgan fingerprint density at radius 1 is 1.38 bits per heavy atom. The molecule has 0 heterocycles. The number of benzene rings is 1. The molecule has 3 heteroatoms. The van der Waals surface area contributed by atoms with Crippen molar-refractivity contribution in [1.82, 2.24) is 0 Å². The van der Waals surface area contributed by atoms with Crippen LogP contribution in [0.4, 0.5) is 0 Å². The van der Waals surface area contributed by atoms with E-state index in [2.05, 4.69) is 38.8 Å². The van der Waals surface area contributed by atoms with Crippen molar-refractivity contribution >= 4 is 31.9 Å². The molecule has 13 heavy (non-hydrogen) atoms. The second-order valence-electron chi connectivity index (χ2n) is 2.97. The molecule has 0 amide bonds. The molecule has 0 spiro atoms. The first-order valence-electron chi connectivity index (χ1n) is 4.28. The van der Waals surface area contributed by atoms with Crippen LogP contribution in [-0.4, -0.2) is 5.11 Å². The standard InChI is InChI=1S/C10H12Br2O/c1-2-3-10(13)8-5-4-7(11)6-9(8)12/h4-6,10,13H,2-3H2,1H3. The quantitative estimate of drug-likeness (QED) is 0.893. The normalized spacial score (nSPS) is 12.9. The van der Waals surface area contributed by atoms with Gasteiger partial charge in [0, 0.05) is 8.95 Å². The molecule has 1 unspecified atom stereocenters. The number of hydrogen-bond acceptors (Lipinski definition) is 1. The van der Waals surface area contributed by atoms with Crippen molar-refractivity contribution in [3.63, 3.8) is 0 Å². The van der Waals surface area contributed by atoms with Crippen molar-refractivity contribution in [2.75, 3.05) is 0 Å². The Bertz CT molecular complexity index is 286. The number of rotatable bonds is 3. The molecule has 0 radical (unpaired) electrons. The molecule has 1 aromatic rings. The van der Waals surface area contributed by atoms with Gasteiger partial charge in [-0.1, -0.05) is 51.3 Å². The van der Waals surface area contributed by atoms with Crippen LogP contribution in [0, 0.1) is 0 Å². The summed E-state index contributed by atoms with van der Waals surface area (Å²) in [6, 6.07) is 5.84. The van der Waals surface area contributed by atoms with Gasteiger partial charge in [0.2, 0.25) is 0 Å². The summed E-state index contributed by atoms with van der Waals surface area (Å²) in [5.41, 5.74) is 0.963. The molecule has 1 atom stereocenters. The Morgan fingerprint density at radius 3 is 2.62 bits per heavy atom. The maximum Gasteiger partial charge on any atom is 0.0800 e. The minimum atomic E-state index is -0.354. The Labute approximate surface area is 95.4 Å². The smallest absolute Gasteiger partial charge is 0.0800 e. The summed E-state index contributed by atoms with van der Waals surface area (Å²) in [4.78, 5) is 0. The van der Waals surface area contributed by atoms with Crippen LogP contribution in [0.15, 0.2) is 27.1 Å². The third kappa shape index (κ3) is 3.08. The van der Waals surface area contributed by atoms with Gasteiger partial charge < -0.3 is 5.11 Å². The van der Waals surface area contributed by atoms with E-state index in [-0.39, 0.29) is 6.10 Å². The molecular weight excluding hydrogens is 296 g/mol. The number of aliphatic hydroxyl groups is 1. The van der Waals surface area contributed by atoms with Gasteiger partial charge >= 0.3 is 0 Å². The summed E-state index contributed by atoms with van der Waals surface area (Å²) in [6.45, 7) is 2.07. The Kier molecular flexibility index (Phi) is 4.42. The highest BCUT2D eigenvalue weighted by molar-refractivity contribution is 9.11. The van der Waals surface area contributed by atoms with E-state index in [1.54, 1.807) is 0 Å². The van der Waals surface area contributed by atoms with E-state index in [4.69, 9.17) is 0 Å². The maximum absolute atomic E-state index is 9.75. The highest BCUT2D eigenvalue weighted by atomic mass is 79.9.